The van der Waals surface area contributed by atoms with Gasteiger partial charge in [-0.15, -0.1) is 0 Å². The Balaban J connectivity index is 1.77. The van der Waals surface area contributed by atoms with E-state index < -0.39 is 0 Å². The van der Waals surface area contributed by atoms with Crippen LogP contribution in [0.4, 0.5) is 5.69 Å². The topological polar surface area (TPSA) is 24.5 Å². The number of hydrogen-bond acceptors (Lipinski definition) is 3. The summed E-state index contributed by atoms with van der Waals surface area (Å²) in [6.07, 6.45) is 3.80. The monoisotopic (exact) mass is 248 g/mol. The summed E-state index contributed by atoms with van der Waals surface area (Å²) in [5.74, 6) is 1.76. The largest absolute Gasteiger partial charge is 0.494 e. The molecule has 1 N–H and O–H groups in total. The van der Waals surface area contributed by atoms with E-state index in [4.69, 9.17) is 4.74 Å². The van der Waals surface area contributed by atoms with Crippen LogP contribution in [0.5, 0.6) is 5.75 Å². The Morgan fingerprint density at radius 3 is 3.00 bits per heavy atom. The Hall–Kier alpha value is -1.22. The molecule has 1 aliphatic heterocycles. The molecule has 0 spiro atoms. The molecule has 1 saturated heterocycles. The van der Waals surface area contributed by atoms with E-state index in [1.54, 1.807) is 0 Å². The van der Waals surface area contributed by atoms with Gasteiger partial charge in [0.15, 0.2) is 0 Å². The number of piperidine rings is 1. The van der Waals surface area contributed by atoms with Crippen LogP contribution in [0.2, 0.25) is 0 Å². The first-order valence-corrected chi connectivity index (χ1v) is 6.86. The van der Waals surface area contributed by atoms with Crippen molar-refractivity contribution in [3.05, 3.63) is 24.3 Å². The summed E-state index contributed by atoms with van der Waals surface area (Å²) in [4.78, 5) is 2.10. The summed E-state index contributed by atoms with van der Waals surface area (Å²) in [5.41, 5.74) is 1.19. The summed E-state index contributed by atoms with van der Waals surface area (Å²) in [6.45, 7) is 3.16. The molecule has 2 rings (SSSR count). The van der Waals surface area contributed by atoms with Gasteiger partial charge in [-0.05, 0) is 50.4 Å². The maximum atomic E-state index is 5.85. The Labute approximate surface area is 110 Å². The van der Waals surface area contributed by atoms with Gasteiger partial charge in [0.25, 0.3) is 0 Å². The van der Waals surface area contributed by atoms with Gasteiger partial charge in [-0.1, -0.05) is 6.07 Å². The van der Waals surface area contributed by atoms with Crippen molar-refractivity contribution in [3.63, 3.8) is 0 Å². The van der Waals surface area contributed by atoms with Crippen molar-refractivity contribution in [3.8, 4) is 5.75 Å². The van der Waals surface area contributed by atoms with Crippen molar-refractivity contribution in [1.29, 1.82) is 0 Å². The number of ether oxygens (including phenoxy) is 1. The van der Waals surface area contributed by atoms with Gasteiger partial charge in [0, 0.05) is 25.8 Å². The van der Waals surface area contributed by atoms with Gasteiger partial charge in [0.2, 0.25) is 0 Å². The molecule has 18 heavy (non-hydrogen) atoms. The highest BCUT2D eigenvalue weighted by Gasteiger charge is 2.12. The summed E-state index contributed by atoms with van der Waals surface area (Å²) >= 11 is 0. The number of rotatable bonds is 5. The minimum absolute atomic E-state index is 0.788. The molecule has 1 unspecified atom stereocenters. The molecular formula is C15H24N2O. The predicted octanol–water partition coefficient (Wildman–Crippen LogP) is 2.52. The first-order chi connectivity index (χ1) is 8.75. The van der Waals surface area contributed by atoms with Gasteiger partial charge in [-0.3, -0.25) is 0 Å². The fraction of sp³-hybridized carbons (Fsp3) is 0.600. The van der Waals surface area contributed by atoms with Crippen LogP contribution in [0, 0.1) is 5.92 Å². The molecule has 0 saturated carbocycles. The zero-order chi connectivity index (χ0) is 12.8. The quantitative estimate of drug-likeness (QED) is 0.866. The highest BCUT2D eigenvalue weighted by molar-refractivity contribution is 5.49. The van der Waals surface area contributed by atoms with Gasteiger partial charge in [-0.2, -0.15) is 0 Å². The second kappa shape index (κ2) is 6.64. The van der Waals surface area contributed by atoms with E-state index in [1.165, 1.54) is 25.1 Å². The molecule has 1 aliphatic rings. The Bertz CT molecular complexity index is 359. The van der Waals surface area contributed by atoms with Gasteiger partial charge in [0.05, 0.1) is 6.61 Å². The van der Waals surface area contributed by atoms with Gasteiger partial charge >= 0.3 is 0 Å². The molecule has 3 nitrogen and oxygen atoms in total. The van der Waals surface area contributed by atoms with Crippen LogP contribution in [-0.4, -0.2) is 33.8 Å². The van der Waals surface area contributed by atoms with Crippen LogP contribution in [0.3, 0.4) is 0 Å². The smallest absolute Gasteiger partial charge is 0.121 e. The Kier molecular flexibility index (Phi) is 4.88. The van der Waals surface area contributed by atoms with Crippen LogP contribution in [0.1, 0.15) is 19.3 Å². The first kappa shape index (κ1) is 13.2. The van der Waals surface area contributed by atoms with Crippen molar-refractivity contribution in [1.82, 2.24) is 5.32 Å². The average molecular weight is 248 g/mol. The molecule has 0 aliphatic carbocycles. The zero-order valence-corrected chi connectivity index (χ0v) is 11.5. The standard InChI is InChI=1S/C15H24N2O/c1-17(2)14-6-3-7-15(11-14)18-10-8-13-5-4-9-16-12-13/h3,6-7,11,13,16H,4-5,8-10,12H2,1-2H3. The Morgan fingerprint density at radius 2 is 2.28 bits per heavy atom. The molecular weight excluding hydrogens is 224 g/mol. The summed E-state index contributed by atoms with van der Waals surface area (Å²) < 4.78 is 5.85. The minimum atomic E-state index is 0.788. The molecule has 1 fully saturated rings. The molecule has 0 bridgehead atoms. The fourth-order valence-electron chi connectivity index (χ4n) is 2.37. The lowest BCUT2D eigenvalue weighted by Crippen LogP contribution is -2.30. The van der Waals surface area contributed by atoms with Crippen LogP contribution in [0.15, 0.2) is 24.3 Å². The summed E-state index contributed by atoms with van der Waals surface area (Å²) in [5, 5.41) is 3.45. The summed E-state index contributed by atoms with van der Waals surface area (Å²) in [7, 11) is 4.10. The van der Waals surface area contributed by atoms with E-state index in [0.717, 1.165) is 31.2 Å². The van der Waals surface area contributed by atoms with Crippen molar-refractivity contribution in [2.45, 2.75) is 19.3 Å². The average Bonchev–Trinajstić information content (AvgIpc) is 2.40. The maximum absolute atomic E-state index is 5.85. The third-order valence-electron chi connectivity index (χ3n) is 3.53. The molecule has 1 atom stereocenters. The number of anilines is 1. The van der Waals surface area contributed by atoms with Crippen molar-refractivity contribution < 1.29 is 4.74 Å². The van der Waals surface area contributed by atoms with E-state index in [2.05, 4.69) is 22.3 Å². The van der Waals surface area contributed by atoms with Gasteiger partial charge < -0.3 is 15.0 Å². The highest BCUT2D eigenvalue weighted by Crippen LogP contribution is 2.20. The lowest BCUT2D eigenvalue weighted by Gasteiger charge is -2.22. The number of nitrogens with zero attached hydrogens (tertiary/aromatic N) is 1. The van der Waals surface area contributed by atoms with Gasteiger partial charge in [0.1, 0.15) is 5.75 Å². The second-order valence-corrected chi connectivity index (χ2v) is 5.24. The van der Waals surface area contributed by atoms with E-state index in [0.29, 0.717) is 0 Å². The molecule has 1 heterocycles. The van der Waals surface area contributed by atoms with Crippen LogP contribution < -0.4 is 15.0 Å². The zero-order valence-electron chi connectivity index (χ0n) is 11.5. The normalized spacial score (nSPS) is 19.6. The lowest BCUT2D eigenvalue weighted by molar-refractivity contribution is 0.254. The van der Waals surface area contributed by atoms with E-state index in [9.17, 15) is 0 Å². The van der Waals surface area contributed by atoms with E-state index in [1.807, 2.05) is 26.2 Å². The Morgan fingerprint density at radius 1 is 1.39 bits per heavy atom. The molecule has 0 amide bonds. The predicted molar refractivity (Wildman–Crippen MR) is 76.5 cm³/mol. The van der Waals surface area contributed by atoms with Gasteiger partial charge in [-0.25, -0.2) is 0 Å². The molecule has 1 aromatic carbocycles. The van der Waals surface area contributed by atoms with E-state index in [-0.39, 0.29) is 0 Å². The second-order valence-electron chi connectivity index (χ2n) is 5.24. The van der Waals surface area contributed by atoms with Crippen LogP contribution in [-0.2, 0) is 0 Å². The molecule has 1 aromatic rings. The lowest BCUT2D eigenvalue weighted by atomic mass is 9.97. The number of hydrogen-bond donors (Lipinski definition) is 1. The SMILES string of the molecule is CN(C)c1cccc(OCCC2CCCNC2)c1. The van der Waals surface area contributed by atoms with Crippen molar-refractivity contribution in [2.24, 2.45) is 5.92 Å². The van der Waals surface area contributed by atoms with Crippen molar-refractivity contribution in [2.75, 3.05) is 38.7 Å². The molecule has 0 aromatic heterocycles. The molecule has 0 radical (unpaired) electrons. The van der Waals surface area contributed by atoms with Crippen LogP contribution >= 0.6 is 0 Å². The molecule has 100 valence electrons. The highest BCUT2D eigenvalue weighted by atomic mass is 16.5. The summed E-state index contributed by atoms with van der Waals surface area (Å²) in [6, 6.07) is 8.27. The maximum Gasteiger partial charge on any atom is 0.121 e. The first-order valence-electron chi connectivity index (χ1n) is 6.86. The van der Waals surface area contributed by atoms with E-state index >= 15 is 0 Å². The molecule has 3 heteroatoms. The number of benzene rings is 1. The third-order valence-corrected chi connectivity index (χ3v) is 3.53. The fourth-order valence-corrected chi connectivity index (χ4v) is 2.37. The minimum Gasteiger partial charge on any atom is -0.494 e. The number of nitrogens with one attached hydrogen (secondary N) is 1. The van der Waals surface area contributed by atoms with Crippen LogP contribution in [0.25, 0.3) is 0 Å². The third kappa shape index (κ3) is 3.91. The van der Waals surface area contributed by atoms with Crippen molar-refractivity contribution >= 4 is 5.69 Å².